The average molecular weight is 318 g/mol. The Labute approximate surface area is 136 Å². The lowest BCUT2D eigenvalue weighted by Gasteiger charge is -2.30. The molecular weight excluding hydrogens is 308 g/mol. The van der Waals surface area contributed by atoms with Crippen molar-refractivity contribution in [2.24, 2.45) is 0 Å². The second-order valence-electron chi connectivity index (χ2n) is 5.66. The molecule has 0 aliphatic carbocycles. The number of hydrogen-bond donors (Lipinski definition) is 0. The molecule has 0 N–H and O–H groups in total. The first-order valence-corrected chi connectivity index (χ1v) is 8.14. The Hall–Kier alpha value is -2.59. The lowest BCUT2D eigenvalue weighted by molar-refractivity contribution is -0.138. The molecule has 0 radical (unpaired) electrons. The highest BCUT2D eigenvalue weighted by Gasteiger charge is 2.38. The SMILES string of the molecule is O=C1OC(=O)C2c3ccccc3Sc3cc1c1ccccc1c32. The van der Waals surface area contributed by atoms with Crippen molar-refractivity contribution in [3.8, 4) is 0 Å². The van der Waals surface area contributed by atoms with Crippen molar-refractivity contribution in [1.29, 1.82) is 0 Å². The summed E-state index contributed by atoms with van der Waals surface area (Å²) in [6.45, 7) is 0. The molecule has 1 unspecified atom stereocenters. The van der Waals surface area contributed by atoms with Crippen LogP contribution in [-0.2, 0) is 9.53 Å². The van der Waals surface area contributed by atoms with E-state index in [0.717, 1.165) is 31.7 Å². The van der Waals surface area contributed by atoms with Gasteiger partial charge in [0.15, 0.2) is 0 Å². The molecule has 3 aromatic carbocycles. The van der Waals surface area contributed by atoms with Crippen LogP contribution in [0.1, 0.15) is 27.4 Å². The molecule has 6 rings (SSSR count). The smallest absolute Gasteiger partial charge is 0.346 e. The summed E-state index contributed by atoms with van der Waals surface area (Å²) in [6, 6.07) is 17.4. The molecule has 0 amide bonds. The molecule has 1 atom stereocenters. The van der Waals surface area contributed by atoms with Crippen molar-refractivity contribution < 1.29 is 14.3 Å². The molecule has 23 heavy (non-hydrogen) atoms. The maximum absolute atomic E-state index is 12.6. The third-order valence-corrected chi connectivity index (χ3v) is 5.59. The Morgan fingerprint density at radius 1 is 0.870 bits per heavy atom. The number of benzene rings is 3. The quantitative estimate of drug-likeness (QED) is 0.462. The monoisotopic (exact) mass is 318 g/mol. The predicted molar refractivity (Wildman–Crippen MR) is 86.8 cm³/mol. The van der Waals surface area contributed by atoms with E-state index in [1.54, 1.807) is 11.8 Å². The van der Waals surface area contributed by atoms with Gasteiger partial charge >= 0.3 is 11.9 Å². The van der Waals surface area contributed by atoms with E-state index in [1.165, 1.54) is 0 Å². The van der Waals surface area contributed by atoms with Gasteiger partial charge in [-0.15, -0.1) is 0 Å². The zero-order valence-electron chi connectivity index (χ0n) is 11.9. The number of carbonyl (C=O) groups is 2. The third kappa shape index (κ3) is 1.67. The summed E-state index contributed by atoms with van der Waals surface area (Å²) in [5.41, 5.74) is 2.31. The van der Waals surface area contributed by atoms with Gasteiger partial charge in [0.05, 0.1) is 5.56 Å². The summed E-state index contributed by atoms with van der Waals surface area (Å²) in [5, 5.41) is 1.80. The second-order valence-corrected chi connectivity index (χ2v) is 6.75. The molecule has 0 aromatic heterocycles. The summed E-state index contributed by atoms with van der Waals surface area (Å²) in [7, 11) is 0. The summed E-state index contributed by atoms with van der Waals surface area (Å²) in [4.78, 5) is 27.0. The van der Waals surface area contributed by atoms with Gasteiger partial charge in [0.2, 0.25) is 0 Å². The van der Waals surface area contributed by atoms with E-state index < -0.39 is 17.9 Å². The van der Waals surface area contributed by atoms with Crippen LogP contribution in [0.2, 0.25) is 0 Å². The van der Waals surface area contributed by atoms with Gasteiger partial charge in [-0.25, -0.2) is 4.79 Å². The van der Waals surface area contributed by atoms with Gasteiger partial charge in [-0.1, -0.05) is 54.2 Å². The van der Waals surface area contributed by atoms with Crippen molar-refractivity contribution in [2.45, 2.75) is 15.7 Å². The number of fused-ring (bicyclic) bond motifs is 3. The van der Waals surface area contributed by atoms with Crippen molar-refractivity contribution in [2.75, 3.05) is 0 Å². The van der Waals surface area contributed by atoms with Gasteiger partial charge in [-0.2, -0.15) is 0 Å². The molecule has 3 aromatic rings. The van der Waals surface area contributed by atoms with Crippen LogP contribution < -0.4 is 0 Å². The van der Waals surface area contributed by atoms with Crippen molar-refractivity contribution >= 4 is 34.5 Å². The van der Waals surface area contributed by atoms with E-state index in [0.29, 0.717) is 5.56 Å². The van der Waals surface area contributed by atoms with E-state index in [9.17, 15) is 9.59 Å². The number of esters is 2. The average Bonchev–Trinajstić information content (AvgIpc) is 2.58. The number of ether oxygens (including phenoxy) is 1. The van der Waals surface area contributed by atoms with Gasteiger partial charge in [0.1, 0.15) is 5.92 Å². The van der Waals surface area contributed by atoms with Crippen molar-refractivity contribution in [1.82, 2.24) is 0 Å². The van der Waals surface area contributed by atoms with E-state index in [2.05, 4.69) is 0 Å². The fraction of sp³-hybridized carbons (Fsp3) is 0.0526. The van der Waals surface area contributed by atoms with Gasteiger partial charge < -0.3 is 4.74 Å². The zero-order chi connectivity index (χ0) is 15.6. The summed E-state index contributed by atoms with van der Waals surface area (Å²) >= 11 is 1.61. The van der Waals surface area contributed by atoms with Crippen LogP contribution in [0.4, 0.5) is 0 Å². The maximum atomic E-state index is 12.6. The molecule has 0 saturated heterocycles. The van der Waals surface area contributed by atoms with E-state index in [4.69, 9.17) is 4.74 Å². The van der Waals surface area contributed by atoms with Crippen LogP contribution in [0.25, 0.3) is 10.8 Å². The number of hydrogen-bond acceptors (Lipinski definition) is 4. The lowest BCUT2D eigenvalue weighted by Crippen LogP contribution is -2.27. The van der Waals surface area contributed by atoms with E-state index in [-0.39, 0.29) is 0 Å². The highest BCUT2D eigenvalue weighted by atomic mass is 32.2. The number of carbonyl (C=O) groups excluding carboxylic acids is 2. The Balaban J connectivity index is 1.97. The van der Waals surface area contributed by atoms with Gasteiger partial charge in [0.25, 0.3) is 0 Å². The summed E-state index contributed by atoms with van der Waals surface area (Å²) in [5.74, 6) is -1.61. The Morgan fingerprint density at radius 2 is 1.61 bits per heavy atom. The highest BCUT2D eigenvalue weighted by molar-refractivity contribution is 7.99. The van der Waals surface area contributed by atoms with Crippen LogP contribution in [0.3, 0.4) is 0 Å². The van der Waals surface area contributed by atoms with Gasteiger partial charge in [-0.3, -0.25) is 4.79 Å². The first kappa shape index (κ1) is 12.9. The summed E-state index contributed by atoms with van der Waals surface area (Å²) < 4.78 is 5.14. The largest absolute Gasteiger partial charge is 0.389 e. The first-order chi connectivity index (χ1) is 11.2. The number of rotatable bonds is 0. The fourth-order valence-electron chi connectivity index (χ4n) is 3.46. The molecule has 3 aliphatic heterocycles. The minimum Gasteiger partial charge on any atom is -0.389 e. The fourth-order valence-corrected chi connectivity index (χ4v) is 4.66. The van der Waals surface area contributed by atoms with Crippen LogP contribution in [0.5, 0.6) is 0 Å². The van der Waals surface area contributed by atoms with Crippen molar-refractivity contribution in [3.63, 3.8) is 0 Å². The molecule has 3 nitrogen and oxygen atoms in total. The van der Waals surface area contributed by atoms with Gasteiger partial charge in [-0.05, 0) is 34.0 Å². The second kappa shape index (κ2) is 4.46. The standard InChI is InChI=1S/C19H10O3S/c20-18-13-9-15-16(11-6-2-1-5-10(11)13)17(19(21)22-18)12-7-3-4-8-14(12)23-15/h1-9,17H. The molecule has 110 valence electrons. The van der Waals surface area contributed by atoms with Crippen LogP contribution in [0.15, 0.2) is 64.4 Å². The molecule has 3 heterocycles. The molecular formula is C19H10O3S. The Bertz CT molecular complexity index is 1020. The van der Waals surface area contributed by atoms with Crippen LogP contribution in [0, 0.1) is 0 Å². The zero-order valence-corrected chi connectivity index (χ0v) is 12.7. The minimum absolute atomic E-state index is 0.457. The Morgan fingerprint density at radius 3 is 2.48 bits per heavy atom. The molecule has 0 spiro atoms. The topological polar surface area (TPSA) is 43.4 Å². The summed E-state index contributed by atoms with van der Waals surface area (Å²) in [6.07, 6.45) is 0. The lowest BCUT2D eigenvalue weighted by atomic mass is 9.85. The molecule has 4 heteroatoms. The molecule has 3 aliphatic rings. The Kier molecular flexibility index (Phi) is 2.50. The maximum Gasteiger partial charge on any atom is 0.346 e. The molecule has 0 fully saturated rings. The first-order valence-electron chi connectivity index (χ1n) is 7.32. The van der Waals surface area contributed by atoms with Crippen LogP contribution in [-0.4, -0.2) is 11.9 Å². The van der Waals surface area contributed by atoms with Crippen molar-refractivity contribution in [3.05, 3.63) is 71.3 Å². The molecule has 0 saturated carbocycles. The predicted octanol–water partition coefficient (Wildman–Crippen LogP) is 4.13. The highest BCUT2D eigenvalue weighted by Crippen LogP contribution is 2.50. The third-order valence-electron chi connectivity index (χ3n) is 4.44. The van der Waals surface area contributed by atoms with E-state index >= 15 is 0 Å². The van der Waals surface area contributed by atoms with E-state index in [1.807, 2.05) is 54.6 Å². The van der Waals surface area contributed by atoms with Crippen LogP contribution >= 0.6 is 11.8 Å². The molecule has 4 bridgehead atoms. The van der Waals surface area contributed by atoms with Gasteiger partial charge in [0, 0.05) is 9.79 Å². The normalized spacial score (nSPS) is 18.3. The minimum atomic E-state index is -0.566.